The molecule has 0 saturated heterocycles. The van der Waals surface area contributed by atoms with E-state index in [1.807, 2.05) is 30.3 Å². The van der Waals surface area contributed by atoms with Gasteiger partial charge in [0.2, 0.25) is 0 Å². The van der Waals surface area contributed by atoms with Crippen LogP contribution in [0.2, 0.25) is 0 Å². The zero-order chi connectivity index (χ0) is 20.6. The molecule has 1 amide bonds. The van der Waals surface area contributed by atoms with Crippen LogP contribution < -0.4 is 10.7 Å². The number of benzene rings is 1. The molecule has 1 aromatic heterocycles. The van der Waals surface area contributed by atoms with Crippen molar-refractivity contribution >= 4 is 11.6 Å². The van der Waals surface area contributed by atoms with Gasteiger partial charge in [-0.1, -0.05) is 57.7 Å². The second-order valence-corrected chi connectivity index (χ2v) is 8.21. The molecule has 29 heavy (non-hydrogen) atoms. The standard InChI is InChI=1S/C25H34N2O2/c1-3-5-16-22-24(25(29)26-20-14-10-7-11-15-20)23(28)17-21(4-2)27(22)18-19-12-8-6-9-13-19/h7,10-11,14-15,17,19H,3-6,8-9,12-13,16,18H2,1-2H3,(H,26,29). The normalized spacial score (nSPS) is 14.7. The lowest BCUT2D eigenvalue weighted by Gasteiger charge is -2.27. The van der Waals surface area contributed by atoms with Crippen LogP contribution in [-0.4, -0.2) is 10.5 Å². The van der Waals surface area contributed by atoms with Crippen LogP contribution in [0, 0.1) is 5.92 Å². The molecule has 1 aliphatic rings. The Bertz CT molecular complexity index is 864. The lowest BCUT2D eigenvalue weighted by Crippen LogP contribution is -2.30. The molecule has 4 heteroatoms. The number of hydrogen-bond acceptors (Lipinski definition) is 2. The molecule has 3 rings (SSSR count). The second-order valence-electron chi connectivity index (χ2n) is 8.21. The fourth-order valence-electron chi connectivity index (χ4n) is 4.46. The van der Waals surface area contributed by atoms with Crippen molar-refractivity contribution in [2.45, 2.75) is 78.2 Å². The van der Waals surface area contributed by atoms with Crippen LogP contribution in [0.1, 0.15) is 80.5 Å². The van der Waals surface area contributed by atoms with Gasteiger partial charge in [0.1, 0.15) is 5.56 Å². The van der Waals surface area contributed by atoms with E-state index in [-0.39, 0.29) is 11.3 Å². The summed E-state index contributed by atoms with van der Waals surface area (Å²) in [5.41, 5.74) is 2.88. The topological polar surface area (TPSA) is 51.1 Å². The lowest BCUT2D eigenvalue weighted by atomic mass is 9.88. The first kappa shape index (κ1) is 21.4. The van der Waals surface area contributed by atoms with E-state index in [1.54, 1.807) is 6.07 Å². The van der Waals surface area contributed by atoms with E-state index in [9.17, 15) is 9.59 Å². The molecular formula is C25H34N2O2. The van der Waals surface area contributed by atoms with Crippen LogP contribution in [0.5, 0.6) is 0 Å². The Kier molecular flexibility index (Phi) is 7.68. The Hall–Kier alpha value is -2.36. The molecule has 1 N–H and O–H groups in total. The number of para-hydroxylation sites is 1. The molecule has 0 bridgehead atoms. The fraction of sp³-hybridized carbons (Fsp3) is 0.520. The molecule has 0 spiro atoms. The third kappa shape index (κ3) is 5.37. The molecule has 4 nitrogen and oxygen atoms in total. The molecule has 0 atom stereocenters. The van der Waals surface area contributed by atoms with Gasteiger partial charge in [-0.25, -0.2) is 0 Å². The molecule has 0 aliphatic heterocycles. The average molecular weight is 395 g/mol. The van der Waals surface area contributed by atoms with Crippen LogP contribution in [0.25, 0.3) is 0 Å². The van der Waals surface area contributed by atoms with Crippen molar-refractivity contribution in [3.63, 3.8) is 0 Å². The summed E-state index contributed by atoms with van der Waals surface area (Å²) in [6.45, 7) is 5.17. The maximum atomic E-state index is 13.1. The summed E-state index contributed by atoms with van der Waals surface area (Å²) in [5, 5.41) is 2.93. The molecule has 1 saturated carbocycles. The number of carbonyl (C=O) groups is 1. The summed E-state index contributed by atoms with van der Waals surface area (Å²) in [6, 6.07) is 11.1. The van der Waals surface area contributed by atoms with E-state index < -0.39 is 0 Å². The number of aromatic nitrogens is 1. The molecule has 1 fully saturated rings. The Balaban J connectivity index is 2.01. The number of anilines is 1. The van der Waals surface area contributed by atoms with Gasteiger partial charge < -0.3 is 9.88 Å². The number of rotatable bonds is 8. The SMILES string of the molecule is CCCCc1c(C(=O)Nc2ccccc2)c(=O)cc(CC)n1CC1CCCCC1. The number of carbonyl (C=O) groups excluding carboxylic acids is 1. The van der Waals surface area contributed by atoms with E-state index in [0.29, 0.717) is 11.5 Å². The molecule has 2 aromatic rings. The van der Waals surface area contributed by atoms with Crippen molar-refractivity contribution in [1.29, 1.82) is 0 Å². The van der Waals surface area contributed by atoms with Gasteiger partial charge in [0, 0.05) is 29.7 Å². The lowest BCUT2D eigenvalue weighted by molar-refractivity contribution is 0.102. The zero-order valence-electron chi connectivity index (χ0n) is 17.9. The van der Waals surface area contributed by atoms with Crippen LogP contribution in [0.4, 0.5) is 5.69 Å². The summed E-state index contributed by atoms with van der Waals surface area (Å²) >= 11 is 0. The number of unbranched alkanes of at least 4 members (excludes halogenated alkanes) is 1. The van der Waals surface area contributed by atoms with E-state index in [2.05, 4.69) is 23.7 Å². The highest BCUT2D eigenvalue weighted by molar-refractivity contribution is 6.05. The molecule has 0 unspecified atom stereocenters. The minimum atomic E-state index is -0.285. The highest BCUT2D eigenvalue weighted by atomic mass is 16.2. The summed E-state index contributed by atoms with van der Waals surface area (Å²) in [5.74, 6) is 0.356. The highest BCUT2D eigenvalue weighted by Crippen LogP contribution is 2.27. The number of nitrogens with zero attached hydrogens (tertiary/aromatic N) is 1. The average Bonchev–Trinajstić information content (AvgIpc) is 2.74. The first-order valence-corrected chi connectivity index (χ1v) is 11.3. The molecule has 0 radical (unpaired) electrons. The maximum absolute atomic E-state index is 13.1. The predicted molar refractivity (Wildman–Crippen MR) is 120 cm³/mol. The van der Waals surface area contributed by atoms with Gasteiger partial charge in [0.25, 0.3) is 5.91 Å². The fourth-order valence-corrected chi connectivity index (χ4v) is 4.46. The van der Waals surface area contributed by atoms with Crippen molar-refractivity contribution in [3.8, 4) is 0 Å². The number of hydrogen-bond donors (Lipinski definition) is 1. The van der Waals surface area contributed by atoms with Crippen molar-refractivity contribution in [3.05, 3.63) is 63.6 Å². The molecule has 1 aromatic carbocycles. The molecule has 156 valence electrons. The second kappa shape index (κ2) is 10.4. The van der Waals surface area contributed by atoms with Gasteiger partial charge in [0.15, 0.2) is 5.43 Å². The minimum Gasteiger partial charge on any atom is -0.347 e. The first-order valence-electron chi connectivity index (χ1n) is 11.3. The van der Waals surface area contributed by atoms with Crippen molar-refractivity contribution < 1.29 is 4.79 Å². The number of amides is 1. The Morgan fingerprint density at radius 1 is 1.10 bits per heavy atom. The summed E-state index contributed by atoms with van der Waals surface area (Å²) in [4.78, 5) is 26.1. The first-order chi connectivity index (χ1) is 14.1. The van der Waals surface area contributed by atoms with E-state index in [4.69, 9.17) is 0 Å². The summed E-state index contributed by atoms with van der Waals surface area (Å²) < 4.78 is 2.31. The van der Waals surface area contributed by atoms with Crippen molar-refractivity contribution in [2.24, 2.45) is 5.92 Å². The largest absolute Gasteiger partial charge is 0.347 e. The predicted octanol–water partition coefficient (Wildman–Crippen LogP) is 5.59. The Labute approximate surface area is 174 Å². The smallest absolute Gasteiger partial charge is 0.261 e. The van der Waals surface area contributed by atoms with Crippen LogP contribution in [0.3, 0.4) is 0 Å². The van der Waals surface area contributed by atoms with Gasteiger partial charge in [-0.3, -0.25) is 9.59 Å². The number of pyridine rings is 1. The molecular weight excluding hydrogens is 360 g/mol. The van der Waals surface area contributed by atoms with Crippen LogP contribution in [-0.2, 0) is 19.4 Å². The highest BCUT2D eigenvalue weighted by Gasteiger charge is 2.23. The quantitative estimate of drug-likeness (QED) is 0.635. The summed E-state index contributed by atoms with van der Waals surface area (Å²) in [6.07, 6.45) is 9.98. The van der Waals surface area contributed by atoms with Gasteiger partial charge >= 0.3 is 0 Å². The van der Waals surface area contributed by atoms with Gasteiger partial charge in [-0.05, 0) is 50.2 Å². The van der Waals surface area contributed by atoms with E-state index in [1.165, 1.54) is 32.1 Å². The monoisotopic (exact) mass is 394 g/mol. The van der Waals surface area contributed by atoms with E-state index in [0.717, 1.165) is 49.3 Å². The number of nitrogens with one attached hydrogen (secondary N) is 1. The summed E-state index contributed by atoms with van der Waals surface area (Å²) in [7, 11) is 0. The Morgan fingerprint density at radius 3 is 2.48 bits per heavy atom. The van der Waals surface area contributed by atoms with Gasteiger partial charge in [-0.2, -0.15) is 0 Å². The third-order valence-corrected chi connectivity index (χ3v) is 6.06. The molecule has 1 heterocycles. The minimum absolute atomic E-state index is 0.152. The Morgan fingerprint density at radius 2 is 1.83 bits per heavy atom. The van der Waals surface area contributed by atoms with Gasteiger partial charge in [-0.15, -0.1) is 0 Å². The third-order valence-electron chi connectivity index (χ3n) is 6.06. The van der Waals surface area contributed by atoms with Crippen molar-refractivity contribution in [2.75, 3.05) is 5.32 Å². The van der Waals surface area contributed by atoms with E-state index >= 15 is 0 Å². The van der Waals surface area contributed by atoms with Crippen LogP contribution >= 0.6 is 0 Å². The zero-order valence-corrected chi connectivity index (χ0v) is 17.9. The molecule has 1 aliphatic carbocycles. The van der Waals surface area contributed by atoms with Gasteiger partial charge in [0.05, 0.1) is 0 Å². The van der Waals surface area contributed by atoms with Crippen LogP contribution in [0.15, 0.2) is 41.2 Å². The maximum Gasteiger partial charge on any atom is 0.261 e. The van der Waals surface area contributed by atoms with Crippen molar-refractivity contribution in [1.82, 2.24) is 4.57 Å². The number of aryl methyl sites for hydroxylation is 1.